The summed E-state index contributed by atoms with van der Waals surface area (Å²) in [4.78, 5) is 24.4. The van der Waals surface area contributed by atoms with E-state index in [9.17, 15) is 22.8 Å². The second-order valence-corrected chi connectivity index (χ2v) is 5.88. The highest BCUT2D eigenvalue weighted by Gasteiger charge is 2.48. The predicted molar refractivity (Wildman–Crippen MR) is 72.4 cm³/mol. The van der Waals surface area contributed by atoms with Crippen LogP contribution in [0.5, 0.6) is 0 Å². The minimum absolute atomic E-state index is 0.186. The number of nitrogens with zero attached hydrogens (tertiary/aromatic N) is 1. The second kappa shape index (κ2) is 7.66. The smallest absolute Gasteiger partial charge is 0.355 e. The first-order valence-corrected chi connectivity index (χ1v) is 7.34. The number of halogens is 3. The summed E-state index contributed by atoms with van der Waals surface area (Å²) < 4.78 is 38.0. The lowest BCUT2D eigenvalue weighted by Gasteiger charge is -2.32. The number of alkyl halides is 3. The molecule has 0 aromatic heterocycles. The number of likely N-dealkylation sites (tertiary alicyclic amines) is 1. The van der Waals surface area contributed by atoms with E-state index in [1.54, 1.807) is 0 Å². The van der Waals surface area contributed by atoms with Gasteiger partial charge in [0.1, 0.15) is 5.92 Å². The van der Waals surface area contributed by atoms with Crippen molar-refractivity contribution in [2.45, 2.75) is 45.7 Å². The molecule has 1 aliphatic rings. The minimum atomic E-state index is -4.52. The number of nitrogens with one attached hydrogen (secondary N) is 1. The normalized spacial score (nSPS) is 20.0. The summed E-state index contributed by atoms with van der Waals surface area (Å²) in [5, 5.41) is 2.65. The van der Waals surface area contributed by atoms with Crippen molar-refractivity contribution in [2.75, 3.05) is 19.6 Å². The molecule has 1 fully saturated rings. The van der Waals surface area contributed by atoms with Crippen molar-refractivity contribution < 1.29 is 22.8 Å². The fourth-order valence-electron chi connectivity index (χ4n) is 2.37. The van der Waals surface area contributed by atoms with Crippen molar-refractivity contribution in [1.29, 1.82) is 0 Å². The van der Waals surface area contributed by atoms with Crippen LogP contribution >= 0.6 is 0 Å². The Kier molecular flexibility index (Phi) is 6.48. The minimum Gasteiger partial charge on any atom is -0.355 e. The van der Waals surface area contributed by atoms with Gasteiger partial charge in [0.05, 0.1) is 6.54 Å². The van der Waals surface area contributed by atoms with Crippen LogP contribution in [0, 0.1) is 11.8 Å². The van der Waals surface area contributed by atoms with Crippen molar-refractivity contribution in [1.82, 2.24) is 10.2 Å². The van der Waals surface area contributed by atoms with Crippen LogP contribution in [0.3, 0.4) is 0 Å². The molecule has 4 nitrogen and oxygen atoms in total. The number of carbonyl (C=O) groups is 2. The van der Waals surface area contributed by atoms with E-state index in [2.05, 4.69) is 19.2 Å². The third-order valence-corrected chi connectivity index (χ3v) is 3.54. The summed E-state index contributed by atoms with van der Waals surface area (Å²) in [5.41, 5.74) is 0. The summed E-state index contributed by atoms with van der Waals surface area (Å²) in [5.74, 6) is -2.79. The highest BCUT2D eigenvalue weighted by molar-refractivity contribution is 5.86. The highest BCUT2D eigenvalue weighted by atomic mass is 19.4. The number of amides is 2. The van der Waals surface area contributed by atoms with Gasteiger partial charge < -0.3 is 10.2 Å². The van der Waals surface area contributed by atoms with E-state index in [-0.39, 0.29) is 25.9 Å². The zero-order chi connectivity index (χ0) is 16.0. The zero-order valence-electron chi connectivity index (χ0n) is 12.5. The van der Waals surface area contributed by atoms with Gasteiger partial charge >= 0.3 is 6.18 Å². The number of carbonyl (C=O) groups excluding carboxylic acids is 2. The molecule has 0 bridgehead atoms. The topological polar surface area (TPSA) is 49.4 Å². The van der Waals surface area contributed by atoms with Gasteiger partial charge in [-0.15, -0.1) is 0 Å². The van der Waals surface area contributed by atoms with Crippen LogP contribution in [-0.2, 0) is 9.59 Å². The third kappa shape index (κ3) is 5.93. The summed E-state index contributed by atoms with van der Waals surface area (Å²) >= 11 is 0. The third-order valence-electron chi connectivity index (χ3n) is 3.54. The Hall–Kier alpha value is -1.27. The highest BCUT2D eigenvalue weighted by Crippen LogP contribution is 2.33. The van der Waals surface area contributed by atoms with E-state index >= 15 is 0 Å². The molecule has 21 heavy (non-hydrogen) atoms. The first-order valence-electron chi connectivity index (χ1n) is 7.34. The van der Waals surface area contributed by atoms with Gasteiger partial charge in [0.15, 0.2) is 0 Å². The van der Waals surface area contributed by atoms with Gasteiger partial charge in [-0.05, 0) is 31.6 Å². The molecule has 0 spiro atoms. The number of hydrogen-bond acceptors (Lipinski definition) is 2. The Morgan fingerprint density at radius 2 is 2.10 bits per heavy atom. The van der Waals surface area contributed by atoms with E-state index in [1.165, 1.54) is 0 Å². The lowest BCUT2D eigenvalue weighted by molar-refractivity contribution is -0.195. The average molecular weight is 308 g/mol. The fourth-order valence-corrected chi connectivity index (χ4v) is 2.37. The molecule has 1 aliphatic heterocycles. The molecule has 1 unspecified atom stereocenters. The van der Waals surface area contributed by atoms with Crippen molar-refractivity contribution in [3.8, 4) is 0 Å². The SMILES string of the molecule is CC(C)CCCNC(=O)CN1CCCC(C(F)(F)F)C1=O. The molecule has 0 aliphatic carbocycles. The quantitative estimate of drug-likeness (QED) is 0.766. The largest absolute Gasteiger partial charge is 0.400 e. The number of hydrogen-bond donors (Lipinski definition) is 1. The molecule has 1 rings (SSSR count). The molecular formula is C14H23F3N2O2. The van der Waals surface area contributed by atoms with Gasteiger partial charge in [0, 0.05) is 13.1 Å². The summed E-state index contributed by atoms with van der Waals surface area (Å²) in [7, 11) is 0. The number of rotatable bonds is 6. The van der Waals surface area contributed by atoms with Crippen LogP contribution in [0.15, 0.2) is 0 Å². The molecule has 1 N–H and O–H groups in total. The standard InChI is InChI=1S/C14H23F3N2O2/c1-10(2)5-3-7-18-12(20)9-19-8-4-6-11(13(19)21)14(15,16)17/h10-11H,3-9H2,1-2H3,(H,18,20). The van der Waals surface area contributed by atoms with Crippen molar-refractivity contribution >= 4 is 11.8 Å². The molecule has 2 amide bonds. The van der Waals surface area contributed by atoms with Crippen molar-refractivity contribution in [3.63, 3.8) is 0 Å². The van der Waals surface area contributed by atoms with Gasteiger partial charge in [0.2, 0.25) is 11.8 Å². The Morgan fingerprint density at radius 1 is 1.43 bits per heavy atom. The van der Waals surface area contributed by atoms with E-state index < -0.39 is 23.9 Å². The maximum absolute atomic E-state index is 12.7. The molecule has 0 saturated carbocycles. The van der Waals surface area contributed by atoms with E-state index in [4.69, 9.17) is 0 Å². The Labute approximate surface area is 123 Å². The predicted octanol–water partition coefficient (Wildman–Crippen LogP) is 2.34. The summed E-state index contributed by atoms with van der Waals surface area (Å²) in [6, 6.07) is 0. The first-order chi connectivity index (χ1) is 9.71. The first kappa shape index (κ1) is 17.8. The van der Waals surface area contributed by atoms with Crippen LogP contribution in [-0.4, -0.2) is 42.5 Å². The molecule has 1 saturated heterocycles. The molecule has 0 radical (unpaired) electrons. The molecule has 0 aromatic rings. The van der Waals surface area contributed by atoms with E-state index in [0.29, 0.717) is 12.5 Å². The Balaban J connectivity index is 2.39. The van der Waals surface area contributed by atoms with E-state index in [0.717, 1.165) is 17.7 Å². The van der Waals surface area contributed by atoms with Crippen LogP contribution in [0.4, 0.5) is 13.2 Å². The van der Waals surface area contributed by atoms with Crippen LogP contribution < -0.4 is 5.32 Å². The maximum atomic E-state index is 12.7. The molecule has 122 valence electrons. The second-order valence-electron chi connectivity index (χ2n) is 5.88. The van der Waals surface area contributed by atoms with Crippen molar-refractivity contribution in [2.24, 2.45) is 11.8 Å². The summed E-state index contributed by atoms with van der Waals surface area (Å²) in [6.07, 6.45) is -2.64. The van der Waals surface area contributed by atoms with Crippen LogP contribution in [0.1, 0.15) is 39.5 Å². The molecule has 1 heterocycles. The zero-order valence-corrected chi connectivity index (χ0v) is 12.5. The molecule has 1 atom stereocenters. The lowest BCUT2D eigenvalue weighted by atomic mass is 9.96. The van der Waals surface area contributed by atoms with Gasteiger partial charge in [-0.25, -0.2) is 0 Å². The molecular weight excluding hydrogens is 285 g/mol. The lowest BCUT2D eigenvalue weighted by Crippen LogP contribution is -2.50. The Morgan fingerprint density at radius 3 is 2.67 bits per heavy atom. The Bertz CT molecular complexity index is 370. The van der Waals surface area contributed by atoms with Gasteiger partial charge in [-0.3, -0.25) is 9.59 Å². The van der Waals surface area contributed by atoms with Gasteiger partial charge in [-0.2, -0.15) is 13.2 Å². The molecule has 0 aromatic carbocycles. The monoisotopic (exact) mass is 308 g/mol. The number of piperidine rings is 1. The maximum Gasteiger partial charge on any atom is 0.400 e. The van der Waals surface area contributed by atoms with Gasteiger partial charge in [-0.1, -0.05) is 13.8 Å². The molecule has 7 heteroatoms. The van der Waals surface area contributed by atoms with Crippen LogP contribution in [0.2, 0.25) is 0 Å². The van der Waals surface area contributed by atoms with E-state index in [1.807, 2.05) is 0 Å². The summed E-state index contributed by atoms with van der Waals surface area (Å²) in [6.45, 7) is 4.57. The van der Waals surface area contributed by atoms with Crippen molar-refractivity contribution in [3.05, 3.63) is 0 Å². The average Bonchev–Trinajstić information content (AvgIpc) is 2.35. The van der Waals surface area contributed by atoms with Crippen LogP contribution in [0.25, 0.3) is 0 Å². The van der Waals surface area contributed by atoms with Gasteiger partial charge in [0.25, 0.3) is 0 Å². The fraction of sp³-hybridized carbons (Fsp3) is 0.857.